The summed E-state index contributed by atoms with van der Waals surface area (Å²) < 4.78 is 0. The summed E-state index contributed by atoms with van der Waals surface area (Å²) in [7, 11) is 0. The molecule has 418 valence electrons. The second kappa shape index (κ2) is 18.7. The monoisotopic (exact) mass is 1090 g/mol. The SMILES string of the molecule is CC(C)(C)c1ccc(N2c3cc(N4c5ccc(C(C)(C)C)cc5C5(c6ccccc6)CCc6ccccc6C45C)ccc3B3c4ccc(C(C)(C)C)cc4N(c4ccc(C(C)(C)C)cc4-c4ccccc4)c4cc(C(C)(C)C)cc2c43)cc1. The highest BCUT2D eigenvalue weighted by Crippen LogP contribution is 2.67. The Morgan fingerprint density at radius 3 is 1.48 bits per heavy atom. The van der Waals surface area contributed by atoms with Crippen molar-refractivity contribution < 1.29 is 0 Å². The molecule has 3 heterocycles. The van der Waals surface area contributed by atoms with Crippen LogP contribution in [-0.2, 0) is 44.4 Å². The Balaban J connectivity index is 1.14. The van der Waals surface area contributed by atoms with Gasteiger partial charge in [-0.15, -0.1) is 0 Å². The van der Waals surface area contributed by atoms with Crippen LogP contribution in [0.5, 0.6) is 0 Å². The highest BCUT2D eigenvalue weighted by molar-refractivity contribution is 7.00. The summed E-state index contributed by atoms with van der Waals surface area (Å²) in [6.07, 6.45) is 2.01. The van der Waals surface area contributed by atoms with E-state index in [0.29, 0.717) is 0 Å². The van der Waals surface area contributed by atoms with E-state index < -0.39 is 5.54 Å². The lowest BCUT2D eigenvalue weighted by atomic mass is 9.33. The maximum atomic E-state index is 2.78. The zero-order valence-electron chi connectivity index (χ0n) is 52.3. The van der Waals surface area contributed by atoms with Gasteiger partial charge in [0.2, 0.25) is 0 Å². The Morgan fingerprint density at radius 1 is 0.373 bits per heavy atom. The van der Waals surface area contributed by atoms with Gasteiger partial charge in [-0.1, -0.05) is 237 Å². The molecule has 9 aromatic rings. The lowest BCUT2D eigenvalue weighted by Crippen LogP contribution is -2.61. The topological polar surface area (TPSA) is 9.72 Å². The first-order valence-corrected chi connectivity index (χ1v) is 30.7. The lowest BCUT2D eigenvalue weighted by Gasteiger charge is -2.53. The molecule has 0 saturated heterocycles. The molecule has 0 bridgehead atoms. The number of rotatable bonds is 5. The number of fused-ring (bicyclic) bond motifs is 9. The van der Waals surface area contributed by atoms with Crippen molar-refractivity contribution in [3.05, 3.63) is 244 Å². The Hall–Kier alpha value is -7.56. The molecule has 0 radical (unpaired) electrons. The molecule has 4 aliphatic rings. The van der Waals surface area contributed by atoms with E-state index in [1.807, 2.05) is 0 Å². The van der Waals surface area contributed by atoms with Gasteiger partial charge in [0.05, 0.1) is 16.6 Å². The lowest BCUT2D eigenvalue weighted by molar-refractivity contribution is 0.270. The molecule has 1 aliphatic carbocycles. The molecule has 0 spiro atoms. The number of hydrogen-bond donors (Lipinski definition) is 0. The summed E-state index contributed by atoms with van der Waals surface area (Å²) in [6, 6.07) is 76.5. The highest BCUT2D eigenvalue weighted by Gasteiger charge is 2.63. The molecule has 0 N–H and O–H groups in total. The van der Waals surface area contributed by atoms with Crippen molar-refractivity contribution in [1.29, 1.82) is 0 Å². The molecular formula is C79H84BN3. The van der Waals surface area contributed by atoms with Gasteiger partial charge in [-0.3, -0.25) is 0 Å². The molecule has 2 unspecified atom stereocenters. The standard InChI is InChI=1S/C79H84BN3/c1-73(2,3)53-31-36-59(37-32-53)81-69-50-60(83-67-42-35-56(75(7,8)9)46-63(67)79(54-28-21-18-22-29-54)44-43-52-27-23-24-30-62(52)78(79,83)16)38-40-65(69)80-64-39-33-57(76(10,11)12)47-68(64)82(71-49-58(77(13,14)15)48-70(81)72(71)80)66-41-34-55(74(4,5)6)45-61(66)51-25-19-17-20-26-51/h17-42,45-50H,43-44H2,1-16H3. The van der Waals surface area contributed by atoms with Crippen LogP contribution >= 0.6 is 0 Å². The maximum Gasteiger partial charge on any atom is 0.252 e. The molecule has 0 saturated carbocycles. The Labute approximate surface area is 497 Å². The van der Waals surface area contributed by atoms with E-state index in [2.05, 4.69) is 320 Å². The molecule has 13 rings (SSSR count). The van der Waals surface area contributed by atoms with Crippen molar-refractivity contribution in [2.45, 2.75) is 162 Å². The van der Waals surface area contributed by atoms with Crippen molar-refractivity contribution in [1.82, 2.24) is 0 Å². The van der Waals surface area contributed by atoms with E-state index in [-0.39, 0.29) is 39.2 Å². The summed E-state index contributed by atoms with van der Waals surface area (Å²) in [5, 5.41) is 0. The normalized spacial score (nSPS) is 18.3. The molecule has 9 aromatic carbocycles. The predicted octanol–water partition coefficient (Wildman–Crippen LogP) is 19.2. The largest absolute Gasteiger partial charge is 0.330 e. The molecule has 83 heavy (non-hydrogen) atoms. The van der Waals surface area contributed by atoms with Crippen LogP contribution in [0.1, 0.15) is 167 Å². The third kappa shape index (κ3) is 8.50. The summed E-state index contributed by atoms with van der Waals surface area (Å²) >= 11 is 0. The first kappa shape index (κ1) is 54.7. The van der Waals surface area contributed by atoms with Crippen LogP contribution in [0.2, 0.25) is 0 Å². The smallest absolute Gasteiger partial charge is 0.252 e. The third-order valence-electron chi connectivity index (χ3n) is 19.6. The van der Waals surface area contributed by atoms with E-state index in [9.17, 15) is 0 Å². The van der Waals surface area contributed by atoms with Gasteiger partial charge in [0.1, 0.15) is 0 Å². The minimum Gasteiger partial charge on any atom is -0.330 e. The van der Waals surface area contributed by atoms with Crippen LogP contribution < -0.4 is 31.1 Å². The van der Waals surface area contributed by atoms with Crippen molar-refractivity contribution >= 4 is 68.6 Å². The van der Waals surface area contributed by atoms with Gasteiger partial charge in [-0.25, -0.2) is 0 Å². The molecule has 0 fully saturated rings. The molecule has 0 amide bonds. The van der Waals surface area contributed by atoms with Gasteiger partial charge in [-0.05, 0) is 180 Å². The summed E-state index contributed by atoms with van der Waals surface area (Å²) in [5.74, 6) is 0. The van der Waals surface area contributed by atoms with Gasteiger partial charge in [0, 0.05) is 45.4 Å². The maximum absolute atomic E-state index is 2.78. The van der Waals surface area contributed by atoms with Crippen LogP contribution in [0.3, 0.4) is 0 Å². The number of benzene rings is 9. The highest BCUT2D eigenvalue weighted by atomic mass is 15.3. The predicted molar refractivity (Wildman–Crippen MR) is 357 cm³/mol. The van der Waals surface area contributed by atoms with Crippen molar-refractivity contribution in [2.75, 3.05) is 14.7 Å². The molecular weight excluding hydrogens is 1000 g/mol. The van der Waals surface area contributed by atoms with E-state index in [4.69, 9.17) is 0 Å². The Morgan fingerprint density at radius 2 is 0.855 bits per heavy atom. The van der Waals surface area contributed by atoms with Gasteiger partial charge in [-0.2, -0.15) is 0 Å². The summed E-state index contributed by atoms with van der Waals surface area (Å²) in [6.45, 7) is 37.8. The van der Waals surface area contributed by atoms with Gasteiger partial charge < -0.3 is 14.7 Å². The Bertz CT molecular complexity index is 4020. The van der Waals surface area contributed by atoms with Crippen LogP contribution in [0.25, 0.3) is 11.1 Å². The van der Waals surface area contributed by atoms with E-state index >= 15 is 0 Å². The fourth-order valence-corrected chi connectivity index (χ4v) is 14.9. The van der Waals surface area contributed by atoms with Crippen molar-refractivity contribution in [2.24, 2.45) is 0 Å². The van der Waals surface area contributed by atoms with Crippen LogP contribution in [0.15, 0.2) is 194 Å². The molecule has 2 atom stereocenters. The molecule has 0 aromatic heterocycles. The summed E-state index contributed by atoms with van der Waals surface area (Å²) in [4.78, 5) is 8.11. The van der Waals surface area contributed by atoms with E-state index in [1.165, 1.54) is 117 Å². The quantitative estimate of drug-likeness (QED) is 0.159. The molecule has 4 heteroatoms. The van der Waals surface area contributed by atoms with Gasteiger partial charge in [0.15, 0.2) is 0 Å². The Kier molecular flexibility index (Phi) is 12.3. The van der Waals surface area contributed by atoms with E-state index in [0.717, 1.165) is 18.5 Å². The van der Waals surface area contributed by atoms with Crippen molar-refractivity contribution in [3.8, 4) is 11.1 Å². The number of anilines is 8. The first-order chi connectivity index (χ1) is 39.2. The third-order valence-corrected chi connectivity index (χ3v) is 19.6. The zero-order valence-corrected chi connectivity index (χ0v) is 52.3. The minimum absolute atomic E-state index is 0.00990. The minimum atomic E-state index is -0.491. The average molecular weight is 1090 g/mol. The van der Waals surface area contributed by atoms with Crippen LogP contribution in [0, 0.1) is 0 Å². The molecule has 3 nitrogen and oxygen atoms in total. The fourth-order valence-electron chi connectivity index (χ4n) is 14.9. The van der Waals surface area contributed by atoms with Crippen LogP contribution in [-0.4, -0.2) is 6.71 Å². The van der Waals surface area contributed by atoms with Crippen LogP contribution in [0.4, 0.5) is 45.5 Å². The number of nitrogens with zero attached hydrogens (tertiary/aromatic N) is 3. The van der Waals surface area contributed by atoms with Crippen molar-refractivity contribution in [3.63, 3.8) is 0 Å². The van der Waals surface area contributed by atoms with E-state index in [1.54, 1.807) is 0 Å². The molecule has 3 aliphatic heterocycles. The zero-order chi connectivity index (χ0) is 58.6. The van der Waals surface area contributed by atoms with Gasteiger partial charge in [0.25, 0.3) is 6.71 Å². The fraction of sp³-hybridized carbons (Fsp3) is 0.316. The summed E-state index contributed by atoms with van der Waals surface area (Å²) in [5.41, 5.74) is 27.3. The number of hydrogen-bond acceptors (Lipinski definition) is 3. The number of aryl methyl sites for hydroxylation is 1. The second-order valence-corrected chi connectivity index (χ2v) is 30.0. The van der Waals surface area contributed by atoms with Gasteiger partial charge >= 0.3 is 0 Å². The average Bonchev–Trinajstić information content (AvgIpc) is 2.02. The second-order valence-electron chi connectivity index (χ2n) is 30.0. The first-order valence-electron chi connectivity index (χ1n) is 30.7.